The lowest BCUT2D eigenvalue weighted by Crippen LogP contribution is -2.17. The molecule has 34 heavy (non-hydrogen) atoms. The maximum atomic E-state index is 12.7. The van der Waals surface area contributed by atoms with Crippen molar-refractivity contribution in [2.24, 2.45) is 0 Å². The number of benzene rings is 2. The fraction of sp³-hybridized carbons (Fsp3) is 0.273. The third kappa shape index (κ3) is 6.47. The fourth-order valence-electron chi connectivity index (χ4n) is 2.93. The summed E-state index contributed by atoms with van der Waals surface area (Å²) >= 11 is 0. The van der Waals surface area contributed by atoms with E-state index in [-0.39, 0.29) is 34.9 Å². The molecule has 0 bridgehead atoms. The van der Waals surface area contributed by atoms with Crippen LogP contribution in [0.5, 0.6) is 11.5 Å². The summed E-state index contributed by atoms with van der Waals surface area (Å²) in [5.74, 6) is 0.306. The molecule has 3 rings (SSSR count). The average Bonchev–Trinajstić information content (AvgIpc) is 2.78. The molecule has 0 fully saturated rings. The number of halogens is 3. The summed E-state index contributed by atoms with van der Waals surface area (Å²) in [5, 5.41) is 17.5. The third-order valence-corrected chi connectivity index (χ3v) is 4.74. The van der Waals surface area contributed by atoms with Gasteiger partial charge in [-0.2, -0.15) is 4.98 Å². The van der Waals surface area contributed by atoms with Gasteiger partial charge < -0.3 is 20.1 Å². The van der Waals surface area contributed by atoms with Crippen LogP contribution in [-0.4, -0.2) is 34.4 Å². The number of hydrogen-bond donors (Lipinski definition) is 2. The van der Waals surface area contributed by atoms with Crippen LogP contribution < -0.4 is 20.1 Å². The summed E-state index contributed by atoms with van der Waals surface area (Å²) in [4.78, 5) is 19.7. The molecule has 0 spiro atoms. The van der Waals surface area contributed by atoms with E-state index in [0.29, 0.717) is 11.3 Å². The second kappa shape index (κ2) is 10.2. The molecule has 0 saturated carbocycles. The minimum absolute atomic E-state index is 0.00156. The van der Waals surface area contributed by atoms with Gasteiger partial charge >= 0.3 is 6.36 Å². The molecular weight excluding hydrogens is 455 g/mol. The molecule has 1 atom stereocenters. The molecule has 1 aromatic heterocycles. The van der Waals surface area contributed by atoms with Crippen molar-refractivity contribution in [1.29, 1.82) is 0 Å². The zero-order chi connectivity index (χ0) is 24.9. The molecule has 1 heterocycles. The number of rotatable bonds is 9. The first-order valence-corrected chi connectivity index (χ1v) is 10.2. The zero-order valence-electron chi connectivity index (χ0n) is 18.5. The van der Waals surface area contributed by atoms with Gasteiger partial charge in [-0.3, -0.25) is 10.1 Å². The number of nitro benzene ring substituents is 1. The lowest BCUT2D eigenvalue weighted by Gasteiger charge is -2.15. The molecule has 12 heteroatoms. The van der Waals surface area contributed by atoms with Crippen molar-refractivity contribution in [3.05, 3.63) is 58.6 Å². The normalized spacial score (nSPS) is 12.1. The van der Waals surface area contributed by atoms with E-state index in [1.165, 1.54) is 43.5 Å². The molecule has 3 aromatic rings. The van der Waals surface area contributed by atoms with E-state index < -0.39 is 17.0 Å². The zero-order valence-corrected chi connectivity index (χ0v) is 18.5. The summed E-state index contributed by atoms with van der Waals surface area (Å²) in [6.45, 7) is 3.87. The first kappa shape index (κ1) is 24.6. The first-order chi connectivity index (χ1) is 16.1. The van der Waals surface area contributed by atoms with Crippen LogP contribution in [0.2, 0.25) is 0 Å². The van der Waals surface area contributed by atoms with Crippen LogP contribution in [0.3, 0.4) is 0 Å². The summed E-state index contributed by atoms with van der Waals surface area (Å²) in [7, 11) is 1.40. The summed E-state index contributed by atoms with van der Waals surface area (Å²) in [6.07, 6.45) is -4.08. The highest BCUT2D eigenvalue weighted by atomic mass is 19.4. The maximum Gasteiger partial charge on any atom is 0.573 e. The molecule has 180 valence electrons. The Hall–Kier alpha value is -4.09. The second-order valence-electron chi connectivity index (χ2n) is 7.26. The van der Waals surface area contributed by atoms with Crippen LogP contribution in [0.1, 0.15) is 20.3 Å². The van der Waals surface area contributed by atoms with E-state index in [9.17, 15) is 23.3 Å². The number of aromatic nitrogens is 2. The Morgan fingerprint density at radius 3 is 2.53 bits per heavy atom. The number of hydrogen-bond acceptors (Lipinski definition) is 8. The van der Waals surface area contributed by atoms with E-state index in [0.717, 1.165) is 6.42 Å². The van der Waals surface area contributed by atoms with E-state index in [1.54, 1.807) is 12.1 Å². The summed E-state index contributed by atoms with van der Waals surface area (Å²) in [6, 6.07) is 11.1. The topological polar surface area (TPSA) is 111 Å². The van der Waals surface area contributed by atoms with Crippen LogP contribution in [0.25, 0.3) is 11.3 Å². The molecule has 2 N–H and O–H groups in total. The molecule has 0 unspecified atom stereocenters. The van der Waals surface area contributed by atoms with Crippen LogP contribution >= 0.6 is 0 Å². The fourth-order valence-corrected chi connectivity index (χ4v) is 2.93. The average molecular weight is 477 g/mol. The Balaban J connectivity index is 2.04. The van der Waals surface area contributed by atoms with E-state index in [1.807, 2.05) is 13.8 Å². The highest BCUT2D eigenvalue weighted by Gasteiger charge is 2.31. The maximum absolute atomic E-state index is 12.7. The van der Waals surface area contributed by atoms with Crippen molar-refractivity contribution < 1.29 is 27.6 Å². The van der Waals surface area contributed by atoms with Gasteiger partial charge in [-0.05, 0) is 37.6 Å². The standard InChI is InChI=1S/C22H22F3N5O4/c1-4-13(2)26-21-28-18(14-6-5-7-16(10-14)34-22(23,24)25)12-20(29-21)27-17-9-8-15(33-3)11-19(17)30(31)32/h5-13H,4H2,1-3H3,(H2,26,27,28,29)/t13-/m0/s1. The number of nitrogens with one attached hydrogen (secondary N) is 2. The van der Waals surface area contributed by atoms with Crippen LogP contribution in [0, 0.1) is 10.1 Å². The minimum Gasteiger partial charge on any atom is -0.496 e. The van der Waals surface area contributed by atoms with E-state index in [2.05, 4.69) is 25.3 Å². The number of nitrogens with zero attached hydrogens (tertiary/aromatic N) is 3. The smallest absolute Gasteiger partial charge is 0.496 e. The largest absolute Gasteiger partial charge is 0.573 e. The minimum atomic E-state index is -4.84. The second-order valence-corrected chi connectivity index (χ2v) is 7.26. The predicted octanol–water partition coefficient (Wildman–Crippen LogP) is 5.91. The third-order valence-electron chi connectivity index (χ3n) is 4.74. The quantitative estimate of drug-likeness (QED) is 0.289. The van der Waals surface area contributed by atoms with Gasteiger partial charge in [0.2, 0.25) is 5.95 Å². The molecule has 2 aromatic carbocycles. The number of ether oxygens (including phenoxy) is 2. The van der Waals surface area contributed by atoms with Crippen LogP contribution in [-0.2, 0) is 0 Å². The Kier molecular flexibility index (Phi) is 7.39. The molecule has 0 radical (unpaired) electrons. The predicted molar refractivity (Wildman–Crippen MR) is 120 cm³/mol. The molecule has 0 saturated heterocycles. The molecule has 0 aliphatic carbocycles. The summed E-state index contributed by atoms with van der Waals surface area (Å²) < 4.78 is 47.0. The number of anilines is 3. The van der Waals surface area contributed by atoms with Crippen molar-refractivity contribution in [2.75, 3.05) is 17.7 Å². The molecule has 0 aliphatic heterocycles. The van der Waals surface area contributed by atoms with Crippen molar-refractivity contribution in [3.63, 3.8) is 0 Å². The lowest BCUT2D eigenvalue weighted by atomic mass is 10.1. The van der Waals surface area contributed by atoms with Crippen molar-refractivity contribution in [1.82, 2.24) is 9.97 Å². The van der Waals surface area contributed by atoms with Gasteiger partial charge in [0.25, 0.3) is 5.69 Å². The van der Waals surface area contributed by atoms with Gasteiger partial charge in [-0.25, -0.2) is 4.98 Å². The van der Waals surface area contributed by atoms with Crippen LogP contribution in [0.15, 0.2) is 48.5 Å². The highest BCUT2D eigenvalue weighted by Crippen LogP contribution is 2.33. The Bertz CT molecular complexity index is 1170. The molecular formula is C22H22F3N5O4. The Morgan fingerprint density at radius 2 is 1.88 bits per heavy atom. The number of nitro groups is 1. The van der Waals surface area contributed by atoms with E-state index in [4.69, 9.17) is 4.74 Å². The Labute approximate surface area is 193 Å². The van der Waals surface area contributed by atoms with Crippen molar-refractivity contribution >= 4 is 23.1 Å². The van der Waals surface area contributed by atoms with Gasteiger partial charge in [0.15, 0.2) is 0 Å². The van der Waals surface area contributed by atoms with Crippen molar-refractivity contribution in [3.8, 4) is 22.8 Å². The van der Waals surface area contributed by atoms with Gasteiger partial charge in [-0.1, -0.05) is 19.1 Å². The highest BCUT2D eigenvalue weighted by molar-refractivity contribution is 5.73. The van der Waals surface area contributed by atoms with Gasteiger partial charge in [0.05, 0.1) is 23.8 Å². The number of alkyl halides is 3. The Morgan fingerprint density at radius 1 is 1.12 bits per heavy atom. The van der Waals surface area contributed by atoms with Gasteiger partial charge in [0, 0.05) is 17.7 Å². The van der Waals surface area contributed by atoms with Gasteiger partial charge in [0.1, 0.15) is 23.0 Å². The molecule has 9 nitrogen and oxygen atoms in total. The molecule has 0 aliphatic rings. The summed E-state index contributed by atoms with van der Waals surface area (Å²) in [5.41, 5.74) is 0.534. The first-order valence-electron chi connectivity index (χ1n) is 10.2. The van der Waals surface area contributed by atoms with Crippen molar-refractivity contribution in [2.45, 2.75) is 32.7 Å². The molecule has 0 amide bonds. The lowest BCUT2D eigenvalue weighted by molar-refractivity contribution is -0.384. The number of methoxy groups -OCH3 is 1. The van der Waals surface area contributed by atoms with Crippen LogP contribution in [0.4, 0.5) is 36.3 Å². The van der Waals surface area contributed by atoms with Gasteiger partial charge in [-0.15, -0.1) is 13.2 Å². The SMILES string of the molecule is CC[C@H](C)Nc1nc(Nc2ccc(OC)cc2[N+](=O)[O-])cc(-c2cccc(OC(F)(F)F)c2)n1. The monoisotopic (exact) mass is 477 g/mol. The van der Waals surface area contributed by atoms with E-state index >= 15 is 0 Å².